The summed E-state index contributed by atoms with van der Waals surface area (Å²) in [5.41, 5.74) is 3.24. The first-order valence-electron chi connectivity index (χ1n) is 6.59. The molecule has 3 rings (SSSR count). The van der Waals surface area contributed by atoms with Crippen LogP contribution in [0, 0.1) is 12.8 Å². The highest BCUT2D eigenvalue weighted by Gasteiger charge is 2.29. The van der Waals surface area contributed by atoms with Crippen LogP contribution in [-0.2, 0) is 11.3 Å². The van der Waals surface area contributed by atoms with Crippen LogP contribution in [0.1, 0.15) is 24.0 Å². The molecule has 4 heteroatoms. The van der Waals surface area contributed by atoms with Crippen LogP contribution in [0.5, 0.6) is 0 Å². The monoisotopic (exact) mass is 255 g/mol. The number of hydrogen-bond acceptors (Lipinski definition) is 2. The Morgan fingerprint density at radius 2 is 2.32 bits per heavy atom. The highest BCUT2D eigenvalue weighted by molar-refractivity contribution is 5.93. The van der Waals surface area contributed by atoms with Crippen LogP contribution in [0.3, 0.4) is 0 Å². The van der Waals surface area contributed by atoms with Crippen LogP contribution in [0.15, 0.2) is 36.7 Å². The second-order valence-corrected chi connectivity index (χ2v) is 5.18. The first-order valence-corrected chi connectivity index (χ1v) is 6.59. The van der Waals surface area contributed by atoms with Gasteiger partial charge in [0.05, 0.1) is 18.4 Å². The number of amides is 1. The van der Waals surface area contributed by atoms with E-state index in [0.717, 1.165) is 25.1 Å². The summed E-state index contributed by atoms with van der Waals surface area (Å²) < 4.78 is 1.84. The molecular formula is C15H17N3O. The van der Waals surface area contributed by atoms with E-state index in [9.17, 15) is 4.79 Å². The molecule has 1 aliphatic carbocycles. The minimum absolute atomic E-state index is 0.120. The topological polar surface area (TPSA) is 46.9 Å². The quantitative estimate of drug-likeness (QED) is 0.912. The Morgan fingerprint density at radius 1 is 1.47 bits per heavy atom. The molecule has 0 radical (unpaired) electrons. The molecule has 98 valence electrons. The van der Waals surface area contributed by atoms with Gasteiger partial charge < -0.3 is 5.32 Å². The van der Waals surface area contributed by atoms with Gasteiger partial charge in [0, 0.05) is 12.1 Å². The van der Waals surface area contributed by atoms with Crippen LogP contribution < -0.4 is 5.32 Å². The number of benzene rings is 1. The lowest BCUT2D eigenvalue weighted by Crippen LogP contribution is -2.12. The summed E-state index contributed by atoms with van der Waals surface area (Å²) in [5, 5.41) is 7.18. The minimum Gasteiger partial charge on any atom is -0.323 e. The van der Waals surface area contributed by atoms with Crippen LogP contribution in [0.25, 0.3) is 0 Å². The van der Waals surface area contributed by atoms with Crippen molar-refractivity contribution in [3.05, 3.63) is 47.8 Å². The van der Waals surface area contributed by atoms with E-state index in [2.05, 4.69) is 35.5 Å². The molecule has 1 heterocycles. The summed E-state index contributed by atoms with van der Waals surface area (Å²) in [7, 11) is 0. The standard InChI is InChI=1S/C15H17N3O/c1-11-3-2-4-12(7-11)9-18-10-14(8-16-18)17-15(19)13-5-6-13/h2-4,7-8,10,13H,5-6,9H2,1H3,(H,17,19). The normalized spacial score (nSPS) is 14.4. The zero-order valence-electron chi connectivity index (χ0n) is 11.0. The number of aromatic nitrogens is 2. The van der Waals surface area contributed by atoms with Gasteiger partial charge in [0.1, 0.15) is 0 Å². The SMILES string of the molecule is Cc1cccc(Cn2cc(NC(=O)C3CC3)cn2)c1. The van der Waals surface area contributed by atoms with Crippen molar-refractivity contribution >= 4 is 11.6 Å². The molecule has 0 atom stereocenters. The fraction of sp³-hybridized carbons (Fsp3) is 0.333. The van der Waals surface area contributed by atoms with E-state index in [1.807, 2.05) is 16.9 Å². The van der Waals surface area contributed by atoms with Crippen molar-refractivity contribution in [2.45, 2.75) is 26.3 Å². The van der Waals surface area contributed by atoms with Crippen LogP contribution >= 0.6 is 0 Å². The Kier molecular flexibility index (Phi) is 3.07. The molecule has 0 unspecified atom stereocenters. The van der Waals surface area contributed by atoms with Gasteiger partial charge >= 0.3 is 0 Å². The molecule has 0 saturated heterocycles. The van der Waals surface area contributed by atoms with E-state index in [0.29, 0.717) is 0 Å². The summed E-state index contributed by atoms with van der Waals surface area (Å²) in [6.45, 7) is 2.80. The first kappa shape index (κ1) is 12.0. The fourth-order valence-corrected chi connectivity index (χ4v) is 2.10. The van der Waals surface area contributed by atoms with Gasteiger partial charge in [-0.3, -0.25) is 9.48 Å². The fourth-order valence-electron chi connectivity index (χ4n) is 2.10. The van der Waals surface area contributed by atoms with E-state index in [1.54, 1.807) is 6.20 Å². The van der Waals surface area contributed by atoms with Crippen molar-refractivity contribution in [3.63, 3.8) is 0 Å². The van der Waals surface area contributed by atoms with Crippen molar-refractivity contribution in [2.24, 2.45) is 5.92 Å². The van der Waals surface area contributed by atoms with E-state index in [1.165, 1.54) is 11.1 Å². The predicted molar refractivity (Wildman–Crippen MR) is 73.9 cm³/mol. The Bertz CT molecular complexity index is 599. The van der Waals surface area contributed by atoms with Gasteiger partial charge in [0.15, 0.2) is 0 Å². The highest BCUT2D eigenvalue weighted by Crippen LogP contribution is 2.30. The number of anilines is 1. The molecule has 0 aliphatic heterocycles. The summed E-state index contributed by atoms with van der Waals surface area (Å²) in [4.78, 5) is 11.6. The number of rotatable bonds is 4. The molecular weight excluding hydrogens is 238 g/mol. The summed E-state index contributed by atoms with van der Waals surface area (Å²) in [6, 6.07) is 8.35. The number of hydrogen-bond donors (Lipinski definition) is 1. The van der Waals surface area contributed by atoms with Gasteiger partial charge in [-0.05, 0) is 25.3 Å². The van der Waals surface area contributed by atoms with Gasteiger partial charge in [-0.1, -0.05) is 29.8 Å². The van der Waals surface area contributed by atoms with Gasteiger partial charge in [0.25, 0.3) is 0 Å². The van der Waals surface area contributed by atoms with Crippen LogP contribution in [0.2, 0.25) is 0 Å². The zero-order chi connectivity index (χ0) is 13.2. The van der Waals surface area contributed by atoms with Crippen molar-refractivity contribution in [2.75, 3.05) is 5.32 Å². The molecule has 1 aromatic carbocycles. The third-order valence-corrected chi connectivity index (χ3v) is 3.28. The molecule has 1 fully saturated rings. The van der Waals surface area contributed by atoms with Crippen molar-refractivity contribution in [1.82, 2.24) is 9.78 Å². The van der Waals surface area contributed by atoms with Gasteiger partial charge in [-0.25, -0.2) is 0 Å². The maximum Gasteiger partial charge on any atom is 0.227 e. The van der Waals surface area contributed by atoms with E-state index in [-0.39, 0.29) is 11.8 Å². The molecule has 1 N–H and O–H groups in total. The zero-order valence-corrected chi connectivity index (χ0v) is 11.0. The van der Waals surface area contributed by atoms with Crippen molar-refractivity contribution in [3.8, 4) is 0 Å². The maximum absolute atomic E-state index is 11.6. The van der Waals surface area contributed by atoms with Gasteiger partial charge in [-0.2, -0.15) is 5.10 Å². The molecule has 0 bridgehead atoms. The minimum atomic E-state index is 0.120. The number of aryl methyl sites for hydroxylation is 1. The smallest absolute Gasteiger partial charge is 0.227 e. The molecule has 1 saturated carbocycles. The average Bonchev–Trinajstić information content (AvgIpc) is 3.13. The van der Waals surface area contributed by atoms with E-state index < -0.39 is 0 Å². The molecule has 2 aromatic rings. The molecule has 1 amide bonds. The van der Waals surface area contributed by atoms with Gasteiger partial charge in [0.2, 0.25) is 5.91 Å². The lowest BCUT2D eigenvalue weighted by Gasteiger charge is -2.03. The first-order chi connectivity index (χ1) is 9.20. The number of nitrogens with zero attached hydrogens (tertiary/aromatic N) is 2. The Labute approximate surface area is 112 Å². The van der Waals surface area contributed by atoms with Crippen LogP contribution in [-0.4, -0.2) is 15.7 Å². The maximum atomic E-state index is 11.6. The molecule has 19 heavy (non-hydrogen) atoms. The van der Waals surface area contributed by atoms with Crippen LogP contribution in [0.4, 0.5) is 5.69 Å². The highest BCUT2D eigenvalue weighted by atomic mass is 16.2. The number of carbonyl (C=O) groups excluding carboxylic acids is 1. The predicted octanol–water partition coefficient (Wildman–Crippen LogP) is 2.59. The second-order valence-electron chi connectivity index (χ2n) is 5.18. The Balaban J connectivity index is 1.65. The summed E-state index contributed by atoms with van der Waals surface area (Å²) >= 11 is 0. The third-order valence-electron chi connectivity index (χ3n) is 3.28. The Hall–Kier alpha value is -2.10. The number of nitrogens with one attached hydrogen (secondary N) is 1. The lowest BCUT2D eigenvalue weighted by molar-refractivity contribution is -0.117. The van der Waals surface area contributed by atoms with E-state index in [4.69, 9.17) is 0 Å². The summed E-state index contributed by atoms with van der Waals surface area (Å²) in [5.74, 6) is 0.343. The average molecular weight is 255 g/mol. The third kappa shape index (κ3) is 3.02. The molecule has 1 aromatic heterocycles. The molecule has 1 aliphatic rings. The largest absolute Gasteiger partial charge is 0.323 e. The van der Waals surface area contributed by atoms with Crippen molar-refractivity contribution < 1.29 is 4.79 Å². The Morgan fingerprint density at radius 3 is 3.05 bits per heavy atom. The summed E-state index contributed by atoms with van der Waals surface area (Å²) in [6.07, 6.45) is 5.62. The molecule has 4 nitrogen and oxygen atoms in total. The second kappa shape index (κ2) is 4.88. The van der Waals surface area contributed by atoms with Crippen molar-refractivity contribution in [1.29, 1.82) is 0 Å². The molecule has 0 spiro atoms. The lowest BCUT2D eigenvalue weighted by atomic mass is 10.1. The van der Waals surface area contributed by atoms with Gasteiger partial charge in [-0.15, -0.1) is 0 Å². The van der Waals surface area contributed by atoms with E-state index >= 15 is 0 Å². The number of carbonyl (C=O) groups is 1.